The van der Waals surface area contributed by atoms with Gasteiger partial charge in [-0.2, -0.15) is 0 Å². The minimum absolute atomic E-state index is 0.271. The topological polar surface area (TPSA) is 49.6 Å². The summed E-state index contributed by atoms with van der Waals surface area (Å²) in [6, 6.07) is 18.4. The molecule has 4 rings (SSSR count). The van der Waals surface area contributed by atoms with Gasteiger partial charge in [0.05, 0.1) is 32.4 Å². The number of amidine groups is 1. The summed E-state index contributed by atoms with van der Waals surface area (Å²) >= 11 is 6.12. The van der Waals surface area contributed by atoms with Gasteiger partial charge in [-0.25, -0.2) is 9.80 Å². The second kappa shape index (κ2) is 8.28. The number of anilines is 1. The highest BCUT2D eigenvalue weighted by Crippen LogP contribution is 2.40. The molecular formula is C23H28ClN4O2+. The molecule has 2 aliphatic heterocycles. The fourth-order valence-electron chi connectivity index (χ4n) is 4.52. The average molecular weight is 428 g/mol. The minimum Gasteiger partial charge on any atom is -0.460 e. The van der Waals surface area contributed by atoms with Gasteiger partial charge in [-0.3, -0.25) is 0 Å². The second-order valence-corrected chi connectivity index (χ2v) is 8.50. The van der Waals surface area contributed by atoms with E-state index in [1.54, 1.807) is 0 Å². The summed E-state index contributed by atoms with van der Waals surface area (Å²) in [5.41, 5.74) is 1.69. The van der Waals surface area contributed by atoms with Crippen molar-refractivity contribution >= 4 is 29.1 Å². The number of benzene rings is 2. The molecule has 0 spiro atoms. The Labute approximate surface area is 182 Å². The number of hydrazone groups is 1. The van der Waals surface area contributed by atoms with Crippen LogP contribution in [0.25, 0.3) is 0 Å². The van der Waals surface area contributed by atoms with Crippen LogP contribution in [-0.4, -0.2) is 49.1 Å². The lowest BCUT2D eigenvalue weighted by molar-refractivity contribution is -0.910. The van der Waals surface area contributed by atoms with E-state index in [-0.39, 0.29) is 12.0 Å². The van der Waals surface area contributed by atoms with Crippen LogP contribution in [-0.2, 0) is 9.53 Å². The number of rotatable bonds is 4. The molecule has 2 aliphatic rings. The molecule has 0 radical (unpaired) electrons. The summed E-state index contributed by atoms with van der Waals surface area (Å²) in [6.07, 6.45) is 0.803. The molecule has 1 N–H and O–H groups in total. The van der Waals surface area contributed by atoms with Gasteiger partial charge in [0.1, 0.15) is 11.7 Å². The first-order valence-electron chi connectivity index (χ1n) is 10.4. The van der Waals surface area contributed by atoms with Gasteiger partial charge >= 0.3 is 5.97 Å². The van der Waals surface area contributed by atoms with E-state index >= 15 is 0 Å². The van der Waals surface area contributed by atoms with Crippen molar-refractivity contribution in [3.63, 3.8) is 0 Å². The number of fused-ring (bicyclic) bond motifs is 1. The fraction of sp³-hybridized carbons (Fsp3) is 0.391. The van der Waals surface area contributed by atoms with E-state index in [0.29, 0.717) is 24.0 Å². The van der Waals surface area contributed by atoms with Crippen molar-refractivity contribution in [2.45, 2.75) is 32.0 Å². The maximum Gasteiger partial charge on any atom is 0.376 e. The van der Waals surface area contributed by atoms with Crippen molar-refractivity contribution in [3.05, 3.63) is 65.2 Å². The molecule has 2 aromatic rings. The zero-order chi connectivity index (χ0) is 21.3. The van der Waals surface area contributed by atoms with Crippen molar-refractivity contribution in [3.8, 4) is 0 Å². The Morgan fingerprint density at radius 1 is 1.23 bits per heavy atom. The maximum atomic E-state index is 12.8. The summed E-state index contributed by atoms with van der Waals surface area (Å²) < 4.78 is 5.34. The van der Waals surface area contributed by atoms with E-state index in [9.17, 15) is 4.79 Å². The molecule has 0 amide bonds. The zero-order valence-electron chi connectivity index (χ0n) is 17.6. The number of carbonyl (C=O) groups is 1. The van der Waals surface area contributed by atoms with Crippen LogP contribution in [0.15, 0.2) is 59.7 Å². The van der Waals surface area contributed by atoms with E-state index in [2.05, 4.69) is 43.1 Å². The van der Waals surface area contributed by atoms with Crippen LogP contribution in [0.1, 0.15) is 31.9 Å². The van der Waals surface area contributed by atoms with Crippen LogP contribution < -0.4 is 9.91 Å². The first-order chi connectivity index (χ1) is 14.4. The number of likely N-dealkylation sites (N-methyl/N-ethyl adjacent to an activating group) is 1. The molecule has 158 valence electrons. The minimum atomic E-state index is -0.506. The quantitative estimate of drug-likeness (QED) is 0.762. The van der Waals surface area contributed by atoms with E-state index in [1.807, 2.05) is 42.3 Å². The Morgan fingerprint density at radius 3 is 2.60 bits per heavy atom. The number of quaternary nitrogens is 1. The lowest BCUT2D eigenvalue weighted by atomic mass is 9.94. The number of hydrogen-bond donors (Lipinski definition) is 1. The number of nitrogens with one attached hydrogen (secondary N) is 1. The Hall–Kier alpha value is -2.57. The molecule has 0 aliphatic carbocycles. The molecule has 2 unspecified atom stereocenters. The Morgan fingerprint density at radius 2 is 1.93 bits per heavy atom. The highest BCUT2D eigenvalue weighted by molar-refractivity contribution is 6.36. The highest BCUT2D eigenvalue weighted by Gasteiger charge is 2.52. The van der Waals surface area contributed by atoms with Crippen molar-refractivity contribution in [2.24, 2.45) is 5.10 Å². The van der Waals surface area contributed by atoms with Gasteiger partial charge in [0.2, 0.25) is 5.84 Å². The smallest absolute Gasteiger partial charge is 0.376 e. The summed E-state index contributed by atoms with van der Waals surface area (Å²) in [5.74, 6) is -0.00758. The molecule has 1 fully saturated rings. The van der Waals surface area contributed by atoms with E-state index < -0.39 is 5.66 Å². The van der Waals surface area contributed by atoms with Gasteiger partial charge in [0.25, 0.3) is 0 Å². The van der Waals surface area contributed by atoms with Crippen LogP contribution in [0.5, 0.6) is 0 Å². The largest absolute Gasteiger partial charge is 0.460 e. The molecule has 6 nitrogen and oxygen atoms in total. The van der Waals surface area contributed by atoms with E-state index in [4.69, 9.17) is 21.4 Å². The zero-order valence-corrected chi connectivity index (χ0v) is 18.4. The molecule has 2 aromatic carbocycles. The predicted octanol–water partition coefficient (Wildman–Crippen LogP) is 2.71. The van der Waals surface area contributed by atoms with Gasteiger partial charge in [0.15, 0.2) is 0 Å². The van der Waals surface area contributed by atoms with Gasteiger partial charge < -0.3 is 14.5 Å². The van der Waals surface area contributed by atoms with Crippen LogP contribution in [0, 0.1) is 0 Å². The standard InChI is InChI=1S/C23H27ClN4O2/c1-4-30-22(29)21-25-28(19-12-10-18(24)11-13-19)23(2)16-20(17-8-6-5-7-9-17)26(3)14-15-27(21)23/h5-13,20H,4,14-16H2,1-3H3/p+1/t20?,23-/m1/s1. The number of carbonyl (C=O) groups excluding carboxylic acids is 1. The fourth-order valence-corrected chi connectivity index (χ4v) is 4.64. The third-order valence-corrected chi connectivity index (χ3v) is 6.39. The summed E-state index contributed by atoms with van der Waals surface area (Å²) in [4.78, 5) is 16.3. The van der Waals surface area contributed by atoms with E-state index in [1.165, 1.54) is 10.5 Å². The Balaban J connectivity index is 1.78. The van der Waals surface area contributed by atoms with Crippen molar-refractivity contribution < 1.29 is 14.4 Å². The van der Waals surface area contributed by atoms with Crippen molar-refractivity contribution in [1.29, 1.82) is 0 Å². The van der Waals surface area contributed by atoms with Crippen molar-refractivity contribution in [1.82, 2.24) is 4.90 Å². The first kappa shape index (κ1) is 20.7. The van der Waals surface area contributed by atoms with Crippen LogP contribution in [0.4, 0.5) is 5.69 Å². The Bertz CT molecular complexity index is 934. The number of nitrogens with zero attached hydrogens (tertiary/aromatic N) is 3. The monoisotopic (exact) mass is 427 g/mol. The lowest BCUT2D eigenvalue weighted by Crippen LogP contribution is -3.09. The van der Waals surface area contributed by atoms with E-state index in [0.717, 1.165) is 18.7 Å². The predicted molar refractivity (Wildman–Crippen MR) is 119 cm³/mol. The molecule has 2 heterocycles. The average Bonchev–Trinajstić information content (AvgIpc) is 2.96. The van der Waals surface area contributed by atoms with Crippen LogP contribution in [0.3, 0.4) is 0 Å². The van der Waals surface area contributed by atoms with Gasteiger partial charge in [-0.1, -0.05) is 41.9 Å². The summed E-state index contributed by atoms with van der Waals surface area (Å²) in [6.45, 7) is 5.90. The number of esters is 1. The van der Waals surface area contributed by atoms with Crippen LogP contribution in [0.2, 0.25) is 5.02 Å². The molecule has 7 heteroatoms. The number of ether oxygens (including phenoxy) is 1. The third-order valence-electron chi connectivity index (χ3n) is 6.13. The third kappa shape index (κ3) is 3.66. The molecule has 30 heavy (non-hydrogen) atoms. The number of hydrogen-bond acceptors (Lipinski definition) is 5. The molecule has 0 bridgehead atoms. The molecule has 1 saturated heterocycles. The SMILES string of the molecule is CCOC(=O)C1=NN(c2ccc(Cl)cc2)[C@]2(C)CC(c3ccccc3)[NH+](C)CCN12. The maximum absolute atomic E-state index is 12.8. The molecule has 0 aromatic heterocycles. The van der Waals surface area contributed by atoms with Gasteiger partial charge in [0, 0.05) is 17.0 Å². The molecular weight excluding hydrogens is 400 g/mol. The highest BCUT2D eigenvalue weighted by atomic mass is 35.5. The van der Waals surface area contributed by atoms with Gasteiger partial charge in [-0.05, 0) is 38.1 Å². The molecule has 0 saturated carbocycles. The normalized spacial score (nSPS) is 26.1. The molecule has 3 atom stereocenters. The first-order valence-corrected chi connectivity index (χ1v) is 10.8. The van der Waals surface area contributed by atoms with Gasteiger partial charge in [-0.15, -0.1) is 5.10 Å². The van der Waals surface area contributed by atoms with Crippen molar-refractivity contribution in [2.75, 3.05) is 31.8 Å². The van der Waals surface area contributed by atoms with Crippen LogP contribution >= 0.6 is 11.6 Å². The second-order valence-electron chi connectivity index (χ2n) is 8.06. The lowest BCUT2D eigenvalue weighted by Gasteiger charge is -2.40. The summed E-state index contributed by atoms with van der Waals surface area (Å²) in [5, 5.41) is 7.40. The Kier molecular flexibility index (Phi) is 5.71. The summed E-state index contributed by atoms with van der Waals surface area (Å²) in [7, 11) is 2.22. The number of halogens is 1.